The van der Waals surface area contributed by atoms with Crippen molar-refractivity contribution in [3.63, 3.8) is 0 Å². The fraction of sp³-hybridized carbons (Fsp3) is 0.0741. The maximum atomic E-state index is 13.0. The number of anilines is 3. The highest BCUT2D eigenvalue weighted by Crippen LogP contribution is 2.31. The minimum Gasteiger partial charge on any atom is -0.358 e. The number of aromatic amines is 1. The van der Waals surface area contributed by atoms with Crippen molar-refractivity contribution >= 4 is 46.9 Å². The van der Waals surface area contributed by atoms with Crippen LogP contribution in [0.25, 0.3) is 22.3 Å². The average molecular weight is 520 g/mol. The van der Waals surface area contributed by atoms with Crippen LogP contribution in [0.1, 0.15) is 21.5 Å². The van der Waals surface area contributed by atoms with Gasteiger partial charge in [-0.1, -0.05) is 24.3 Å². The Kier molecular flexibility index (Phi) is 6.34. The lowest BCUT2D eigenvalue weighted by Gasteiger charge is -2.13. The van der Waals surface area contributed by atoms with E-state index >= 15 is 0 Å². The number of aryl methyl sites for hydroxylation is 1. The van der Waals surface area contributed by atoms with Crippen LogP contribution >= 0.6 is 12.6 Å². The van der Waals surface area contributed by atoms with Crippen molar-refractivity contribution in [2.24, 2.45) is 0 Å². The van der Waals surface area contributed by atoms with Crippen molar-refractivity contribution in [3.05, 3.63) is 95.7 Å². The third kappa shape index (κ3) is 5.29. The lowest BCUT2D eigenvalue weighted by molar-refractivity contribution is -0.137. The largest absolute Gasteiger partial charge is 0.416 e. The Bertz CT molecular complexity index is 1610. The Morgan fingerprint density at radius 3 is 2.51 bits per heavy atom. The smallest absolute Gasteiger partial charge is 0.358 e. The lowest BCUT2D eigenvalue weighted by atomic mass is 10.1. The first-order chi connectivity index (χ1) is 17.7. The number of nitrogens with one attached hydrogen (secondary N) is 3. The summed E-state index contributed by atoms with van der Waals surface area (Å²) in [6.45, 7) is 1.88. The Hall–Kier alpha value is -4.31. The first-order valence-electron chi connectivity index (χ1n) is 11.2. The average Bonchev–Trinajstić information content (AvgIpc) is 3.34. The molecular weight excluding hydrogens is 499 g/mol. The number of H-pyrrole nitrogens is 1. The standard InChI is InChI=1S/C27H20F3N5OS/c1-15-5-8-19(32-25(36)17-3-2-4-18(13-17)27(28,29)30)14-22(15)34-26-33-21-11-12-31-24(21)23(35-26)16-6-9-20(37)10-7-16/h2-14,31,37H,1H3,(H,32,36)(H,33,34,35). The monoisotopic (exact) mass is 519 g/mol. The molecule has 0 saturated heterocycles. The molecule has 0 saturated carbocycles. The first kappa shape index (κ1) is 24.4. The highest BCUT2D eigenvalue weighted by atomic mass is 32.1. The zero-order valence-corrected chi connectivity index (χ0v) is 20.3. The van der Waals surface area contributed by atoms with E-state index in [1.54, 1.807) is 24.4 Å². The van der Waals surface area contributed by atoms with Gasteiger partial charge >= 0.3 is 6.18 Å². The number of amides is 1. The van der Waals surface area contributed by atoms with Gasteiger partial charge in [-0.15, -0.1) is 12.6 Å². The highest BCUT2D eigenvalue weighted by Gasteiger charge is 2.30. The molecule has 5 aromatic rings. The summed E-state index contributed by atoms with van der Waals surface area (Å²) in [7, 11) is 0. The number of thiol groups is 1. The van der Waals surface area contributed by atoms with Gasteiger partial charge in [0.15, 0.2) is 0 Å². The number of carbonyl (C=O) groups is 1. The van der Waals surface area contributed by atoms with Gasteiger partial charge in [0.2, 0.25) is 5.95 Å². The Morgan fingerprint density at radius 2 is 1.76 bits per heavy atom. The predicted octanol–water partition coefficient (Wildman–Crippen LogP) is 7.24. The molecule has 0 aliphatic rings. The fourth-order valence-corrected chi connectivity index (χ4v) is 3.97. The molecule has 0 aliphatic carbocycles. The molecule has 6 nitrogen and oxygen atoms in total. The minimum atomic E-state index is -4.54. The van der Waals surface area contributed by atoms with Gasteiger partial charge in [-0.25, -0.2) is 9.97 Å². The molecule has 186 valence electrons. The van der Waals surface area contributed by atoms with Crippen LogP contribution in [-0.2, 0) is 6.18 Å². The molecule has 3 N–H and O–H groups in total. The van der Waals surface area contributed by atoms with Crippen LogP contribution < -0.4 is 10.6 Å². The number of nitrogens with zero attached hydrogens (tertiary/aromatic N) is 2. The SMILES string of the molecule is Cc1ccc(NC(=O)c2cccc(C(F)(F)F)c2)cc1Nc1nc(-c2ccc(S)cc2)c2[nH]ccc2n1. The normalized spacial score (nSPS) is 11.5. The molecule has 10 heteroatoms. The zero-order valence-electron chi connectivity index (χ0n) is 19.4. The van der Waals surface area contributed by atoms with E-state index < -0.39 is 17.6 Å². The summed E-state index contributed by atoms with van der Waals surface area (Å²) >= 11 is 4.34. The van der Waals surface area contributed by atoms with E-state index in [2.05, 4.69) is 33.2 Å². The summed E-state index contributed by atoms with van der Waals surface area (Å²) < 4.78 is 39.1. The maximum absolute atomic E-state index is 13.0. The van der Waals surface area contributed by atoms with E-state index in [-0.39, 0.29) is 5.56 Å². The second kappa shape index (κ2) is 9.62. The molecular formula is C27H20F3N5OS. The topological polar surface area (TPSA) is 82.7 Å². The summed E-state index contributed by atoms with van der Waals surface area (Å²) in [5.41, 5.74) is 4.01. The van der Waals surface area contributed by atoms with Crippen LogP contribution in [0.4, 0.5) is 30.5 Å². The second-order valence-corrected chi connectivity index (χ2v) is 8.88. The molecule has 0 spiro atoms. The van der Waals surface area contributed by atoms with Crippen molar-refractivity contribution < 1.29 is 18.0 Å². The molecule has 2 aromatic heterocycles. The van der Waals surface area contributed by atoms with Gasteiger partial charge in [0, 0.05) is 33.6 Å². The number of hydrogen-bond acceptors (Lipinski definition) is 5. The van der Waals surface area contributed by atoms with Gasteiger partial charge in [0.05, 0.1) is 22.3 Å². The number of rotatable bonds is 5. The number of aromatic nitrogens is 3. The van der Waals surface area contributed by atoms with Gasteiger partial charge in [-0.3, -0.25) is 4.79 Å². The first-order valence-corrected chi connectivity index (χ1v) is 11.6. The van der Waals surface area contributed by atoms with E-state index in [0.717, 1.165) is 33.7 Å². The third-order valence-corrected chi connectivity index (χ3v) is 6.04. The van der Waals surface area contributed by atoms with Crippen LogP contribution in [0.3, 0.4) is 0 Å². The summed E-state index contributed by atoms with van der Waals surface area (Å²) in [6.07, 6.45) is -2.75. The summed E-state index contributed by atoms with van der Waals surface area (Å²) in [4.78, 5) is 26.0. The van der Waals surface area contributed by atoms with Gasteiger partial charge in [-0.2, -0.15) is 13.2 Å². The van der Waals surface area contributed by atoms with E-state index in [0.29, 0.717) is 28.5 Å². The molecule has 0 fully saturated rings. The predicted molar refractivity (Wildman–Crippen MR) is 140 cm³/mol. The van der Waals surface area contributed by atoms with Crippen LogP contribution in [0.2, 0.25) is 0 Å². The van der Waals surface area contributed by atoms with E-state index in [4.69, 9.17) is 4.98 Å². The highest BCUT2D eigenvalue weighted by molar-refractivity contribution is 7.80. The summed E-state index contributed by atoms with van der Waals surface area (Å²) in [5.74, 6) is -0.303. The van der Waals surface area contributed by atoms with Gasteiger partial charge < -0.3 is 15.6 Å². The van der Waals surface area contributed by atoms with Gasteiger partial charge in [0.25, 0.3) is 5.91 Å². The summed E-state index contributed by atoms with van der Waals surface area (Å²) in [6, 6.07) is 18.9. The molecule has 1 amide bonds. The third-order valence-electron chi connectivity index (χ3n) is 5.74. The fourth-order valence-electron chi connectivity index (χ4n) is 3.82. The van der Waals surface area contributed by atoms with Gasteiger partial charge in [-0.05, 0) is 61.0 Å². The maximum Gasteiger partial charge on any atom is 0.416 e. The molecule has 0 aliphatic heterocycles. The number of benzene rings is 3. The van der Waals surface area contributed by atoms with E-state index in [9.17, 15) is 18.0 Å². The molecule has 5 rings (SSSR count). The summed E-state index contributed by atoms with van der Waals surface area (Å²) in [5, 5.41) is 5.87. The number of halogens is 3. The molecule has 3 aromatic carbocycles. The van der Waals surface area contributed by atoms with Crippen molar-refractivity contribution in [1.29, 1.82) is 0 Å². The van der Waals surface area contributed by atoms with Crippen molar-refractivity contribution in [2.45, 2.75) is 18.0 Å². The Morgan fingerprint density at radius 1 is 0.973 bits per heavy atom. The number of alkyl halides is 3. The quantitative estimate of drug-likeness (QED) is 0.185. The van der Waals surface area contributed by atoms with Gasteiger partial charge in [0.1, 0.15) is 0 Å². The van der Waals surface area contributed by atoms with Crippen LogP contribution in [-0.4, -0.2) is 20.9 Å². The minimum absolute atomic E-state index is 0.0944. The van der Waals surface area contributed by atoms with E-state index in [1.165, 1.54) is 12.1 Å². The second-order valence-electron chi connectivity index (χ2n) is 8.37. The molecule has 0 bridgehead atoms. The number of hydrogen-bond donors (Lipinski definition) is 4. The number of carbonyl (C=O) groups excluding carboxylic acids is 1. The van der Waals surface area contributed by atoms with Crippen molar-refractivity contribution in [2.75, 3.05) is 10.6 Å². The van der Waals surface area contributed by atoms with E-state index in [1.807, 2.05) is 37.3 Å². The molecule has 0 radical (unpaired) electrons. The Labute approximate surface area is 215 Å². The number of fused-ring (bicyclic) bond motifs is 1. The Balaban J connectivity index is 1.43. The molecule has 37 heavy (non-hydrogen) atoms. The molecule has 2 heterocycles. The van der Waals surface area contributed by atoms with Crippen LogP contribution in [0.15, 0.2) is 83.9 Å². The zero-order chi connectivity index (χ0) is 26.2. The van der Waals surface area contributed by atoms with Crippen molar-refractivity contribution in [1.82, 2.24) is 15.0 Å². The lowest BCUT2D eigenvalue weighted by Crippen LogP contribution is -2.14. The molecule has 0 unspecified atom stereocenters. The molecule has 0 atom stereocenters. The van der Waals surface area contributed by atoms with Crippen LogP contribution in [0.5, 0.6) is 0 Å². The van der Waals surface area contributed by atoms with Crippen molar-refractivity contribution in [3.8, 4) is 11.3 Å². The van der Waals surface area contributed by atoms with Crippen LogP contribution in [0, 0.1) is 6.92 Å².